The average molecular weight is 551 g/mol. The molecule has 4 aromatic rings. The highest BCUT2D eigenvalue weighted by Gasteiger charge is 2.22. The van der Waals surface area contributed by atoms with Gasteiger partial charge in [0.05, 0.1) is 16.7 Å². The Morgan fingerprint density at radius 1 is 0.610 bits per heavy atom. The van der Waals surface area contributed by atoms with Gasteiger partial charge in [0.25, 0.3) is 5.91 Å². The van der Waals surface area contributed by atoms with Crippen molar-refractivity contribution in [3.8, 4) is 0 Å². The highest BCUT2D eigenvalue weighted by atomic mass is 16.4. The van der Waals surface area contributed by atoms with Crippen LogP contribution in [0.15, 0.2) is 84.9 Å². The number of hydrogen-bond acceptors (Lipinski definition) is 6. The van der Waals surface area contributed by atoms with E-state index in [0.29, 0.717) is 12.1 Å². The monoisotopic (exact) mass is 550 g/mol. The number of hydrogen-bond donors (Lipinski definition) is 4. The molecule has 4 N–H and O–H groups in total. The molecule has 0 aliphatic carbocycles. The van der Waals surface area contributed by atoms with Gasteiger partial charge < -0.3 is 20.8 Å². The summed E-state index contributed by atoms with van der Waals surface area (Å²) in [6, 6.07) is 22.3. The summed E-state index contributed by atoms with van der Waals surface area (Å²) in [5.41, 5.74) is 2.68. The topological polar surface area (TPSA) is 150 Å². The number of nitrogens with one attached hydrogen (secondary N) is 2. The Balaban J connectivity index is 1.57. The number of amides is 1. The number of carboxylic acid groups (broad SMARTS) is 2. The van der Waals surface area contributed by atoms with Crippen LogP contribution in [0.4, 0.5) is 11.4 Å². The van der Waals surface area contributed by atoms with Crippen LogP contribution in [0.2, 0.25) is 0 Å². The summed E-state index contributed by atoms with van der Waals surface area (Å²) < 4.78 is 0. The first kappa shape index (κ1) is 28.4. The molecule has 0 aliphatic rings. The Bertz CT molecular complexity index is 1670. The van der Waals surface area contributed by atoms with Gasteiger partial charge in [0, 0.05) is 35.1 Å². The van der Waals surface area contributed by atoms with Crippen molar-refractivity contribution < 1.29 is 34.2 Å². The maximum absolute atomic E-state index is 13.2. The fourth-order valence-electron chi connectivity index (χ4n) is 4.32. The summed E-state index contributed by atoms with van der Waals surface area (Å²) in [5.74, 6) is -4.52. The first-order valence-electron chi connectivity index (χ1n) is 12.5. The van der Waals surface area contributed by atoms with Crippen molar-refractivity contribution in [2.24, 2.45) is 0 Å². The molecular weight excluding hydrogens is 524 g/mol. The van der Waals surface area contributed by atoms with Gasteiger partial charge in [-0.05, 0) is 73.0 Å². The maximum Gasteiger partial charge on any atom is 0.336 e. The van der Waals surface area contributed by atoms with E-state index in [2.05, 4.69) is 10.6 Å². The molecule has 0 saturated carbocycles. The first-order valence-corrected chi connectivity index (χ1v) is 12.5. The Morgan fingerprint density at radius 2 is 1.07 bits per heavy atom. The number of carbonyl (C=O) groups is 5. The molecule has 0 aliphatic heterocycles. The van der Waals surface area contributed by atoms with Gasteiger partial charge in [0.2, 0.25) is 0 Å². The smallest absolute Gasteiger partial charge is 0.336 e. The maximum atomic E-state index is 13.2. The van der Waals surface area contributed by atoms with Crippen LogP contribution in [0.25, 0.3) is 0 Å². The Morgan fingerprint density at radius 3 is 1.54 bits per heavy atom. The van der Waals surface area contributed by atoms with E-state index in [9.17, 15) is 34.2 Å². The van der Waals surface area contributed by atoms with Crippen molar-refractivity contribution in [2.45, 2.75) is 13.3 Å². The molecule has 0 radical (unpaired) electrons. The van der Waals surface area contributed by atoms with Crippen molar-refractivity contribution in [3.63, 3.8) is 0 Å². The second-order valence-corrected chi connectivity index (χ2v) is 9.29. The third-order valence-electron chi connectivity index (χ3n) is 6.51. The van der Waals surface area contributed by atoms with Crippen LogP contribution in [0.3, 0.4) is 0 Å². The van der Waals surface area contributed by atoms with E-state index >= 15 is 0 Å². The van der Waals surface area contributed by atoms with E-state index in [4.69, 9.17) is 0 Å². The lowest BCUT2D eigenvalue weighted by atomic mass is 9.94. The molecule has 0 fully saturated rings. The molecule has 41 heavy (non-hydrogen) atoms. The normalized spacial score (nSPS) is 10.5. The Labute approximate surface area is 235 Å². The molecule has 4 aromatic carbocycles. The molecule has 0 spiro atoms. The van der Waals surface area contributed by atoms with Crippen LogP contribution in [-0.4, -0.2) is 46.7 Å². The van der Waals surface area contributed by atoms with Crippen molar-refractivity contribution in [2.75, 3.05) is 17.7 Å². The summed E-state index contributed by atoms with van der Waals surface area (Å²) >= 11 is 0. The van der Waals surface area contributed by atoms with Crippen molar-refractivity contribution >= 4 is 40.8 Å². The fourth-order valence-corrected chi connectivity index (χ4v) is 4.32. The zero-order chi connectivity index (χ0) is 29.7. The number of carbonyl (C=O) groups excluding carboxylic acids is 3. The molecule has 9 nitrogen and oxygen atoms in total. The second kappa shape index (κ2) is 12.1. The van der Waals surface area contributed by atoms with Gasteiger partial charge in [-0.25, -0.2) is 9.59 Å². The molecule has 0 saturated heterocycles. The minimum Gasteiger partial charge on any atom is -0.478 e. The lowest BCUT2D eigenvalue weighted by Crippen LogP contribution is -2.18. The Kier molecular flexibility index (Phi) is 8.38. The summed E-state index contributed by atoms with van der Waals surface area (Å²) in [6.07, 6.45) is 0.685. The van der Waals surface area contributed by atoms with Gasteiger partial charge in [-0.2, -0.15) is 0 Å². The number of aromatic carboxylic acids is 2. The zero-order valence-corrected chi connectivity index (χ0v) is 22.2. The van der Waals surface area contributed by atoms with Gasteiger partial charge in [-0.15, -0.1) is 0 Å². The second-order valence-electron chi connectivity index (χ2n) is 9.29. The largest absolute Gasteiger partial charge is 0.478 e. The van der Waals surface area contributed by atoms with Gasteiger partial charge in [-0.3, -0.25) is 14.4 Å². The zero-order valence-electron chi connectivity index (χ0n) is 22.2. The number of anilines is 2. The lowest BCUT2D eigenvalue weighted by molar-refractivity contribution is 0.0683. The van der Waals surface area contributed by atoms with E-state index in [0.717, 1.165) is 28.9 Å². The molecule has 0 unspecified atom stereocenters. The van der Waals surface area contributed by atoms with E-state index in [1.165, 1.54) is 31.2 Å². The molecule has 0 aromatic heterocycles. The molecule has 4 rings (SSSR count). The number of Topliss-reactive ketones (excluding diaryl/α,β-unsaturated/α-hetero) is 1. The van der Waals surface area contributed by atoms with Crippen LogP contribution in [0, 0.1) is 0 Å². The van der Waals surface area contributed by atoms with E-state index in [-0.39, 0.29) is 33.4 Å². The predicted octanol–water partition coefficient (Wildman–Crippen LogP) is 5.40. The van der Waals surface area contributed by atoms with Crippen LogP contribution in [0.5, 0.6) is 0 Å². The quantitative estimate of drug-likeness (QED) is 0.192. The third-order valence-corrected chi connectivity index (χ3v) is 6.51. The number of benzene rings is 4. The SMILES string of the molecule is CNc1ccc(Cc2ccc(NC(=O)c3cc(C(=O)c4ccc(C(=O)O)c(C(C)=O)c4)ccc3C(=O)O)cc2)cc1. The standard InChI is InChI=1S/C32H26N2O7/c1-18(35)27-16-21(7-13-25(27)31(38)39)29(36)22-8-14-26(32(40)41)28(17-22)30(37)34-24-11-5-20(6-12-24)15-19-3-9-23(33-2)10-4-19/h3-14,16-17,33H,15H2,1-2H3,(H,34,37)(H,38,39)(H,40,41). The summed E-state index contributed by atoms with van der Waals surface area (Å²) in [5, 5.41) is 24.7. The van der Waals surface area contributed by atoms with Crippen LogP contribution in [0.1, 0.15) is 75.4 Å². The molecule has 0 bridgehead atoms. The number of rotatable bonds is 10. The third kappa shape index (κ3) is 6.54. The van der Waals surface area contributed by atoms with Crippen LogP contribution >= 0.6 is 0 Å². The van der Waals surface area contributed by atoms with Crippen LogP contribution in [-0.2, 0) is 6.42 Å². The Hall–Kier alpha value is -5.57. The highest BCUT2D eigenvalue weighted by Crippen LogP contribution is 2.21. The molecule has 9 heteroatoms. The molecule has 206 valence electrons. The molecule has 0 atom stereocenters. The predicted molar refractivity (Wildman–Crippen MR) is 153 cm³/mol. The van der Waals surface area contributed by atoms with Crippen molar-refractivity contribution in [3.05, 3.63) is 129 Å². The summed E-state index contributed by atoms with van der Waals surface area (Å²) in [7, 11) is 1.85. The van der Waals surface area contributed by atoms with E-state index in [1.807, 2.05) is 43.4 Å². The van der Waals surface area contributed by atoms with Gasteiger partial charge in [0.15, 0.2) is 11.6 Å². The van der Waals surface area contributed by atoms with Crippen molar-refractivity contribution in [1.29, 1.82) is 0 Å². The van der Waals surface area contributed by atoms with E-state index in [1.54, 1.807) is 12.1 Å². The highest BCUT2D eigenvalue weighted by molar-refractivity contribution is 6.16. The number of ketones is 2. The summed E-state index contributed by atoms with van der Waals surface area (Å²) in [6.45, 7) is 1.19. The minimum absolute atomic E-state index is 0.00244. The van der Waals surface area contributed by atoms with Crippen LogP contribution < -0.4 is 10.6 Å². The lowest BCUT2D eigenvalue weighted by Gasteiger charge is -2.11. The molecule has 1 amide bonds. The molecular formula is C32H26N2O7. The van der Waals surface area contributed by atoms with Crippen molar-refractivity contribution in [1.82, 2.24) is 0 Å². The average Bonchev–Trinajstić information content (AvgIpc) is 2.97. The fraction of sp³-hybridized carbons (Fsp3) is 0.0938. The van der Waals surface area contributed by atoms with Gasteiger partial charge >= 0.3 is 11.9 Å². The van der Waals surface area contributed by atoms with E-state index < -0.39 is 29.4 Å². The van der Waals surface area contributed by atoms with Gasteiger partial charge in [0.1, 0.15) is 0 Å². The molecule has 0 heterocycles. The van der Waals surface area contributed by atoms with Gasteiger partial charge in [-0.1, -0.05) is 36.4 Å². The summed E-state index contributed by atoms with van der Waals surface area (Å²) in [4.78, 5) is 61.6. The number of carboxylic acids is 2. The minimum atomic E-state index is -1.35. The first-order chi connectivity index (χ1) is 19.6.